The van der Waals surface area contributed by atoms with E-state index in [2.05, 4.69) is 15.9 Å². The van der Waals surface area contributed by atoms with Crippen LogP contribution in [0.1, 0.15) is 5.56 Å². The number of phenolic OH excluding ortho intramolecular Hbond substituents is 1. The van der Waals surface area contributed by atoms with E-state index in [1.54, 1.807) is 18.2 Å². The first-order chi connectivity index (χ1) is 13.3. The summed E-state index contributed by atoms with van der Waals surface area (Å²) in [6, 6.07) is 19.1. The summed E-state index contributed by atoms with van der Waals surface area (Å²) < 4.78 is 42.4. The Labute approximate surface area is 166 Å². The van der Waals surface area contributed by atoms with Gasteiger partial charge in [0.1, 0.15) is 5.75 Å². The van der Waals surface area contributed by atoms with Crippen molar-refractivity contribution in [2.24, 2.45) is 0 Å². The third kappa shape index (κ3) is 2.46. The van der Waals surface area contributed by atoms with Crippen LogP contribution >= 0.6 is 15.9 Å². The fourth-order valence-corrected chi connectivity index (χ4v) is 4.33. The van der Waals surface area contributed by atoms with E-state index in [1.807, 2.05) is 36.4 Å². The number of alkyl halides is 3. The Hall–Kier alpha value is -2.79. The van der Waals surface area contributed by atoms with Gasteiger partial charge in [-0.05, 0) is 71.8 Å². The van der Waals surface area contributed by atoms with Crippen LogP contribution in [0.5, 0.6) is 5.75 Å². The normalized spacial score (nSPS) is 12.4. The lowest BCUT2D eigenvalue weighted by Gasteiger charge is -2.17. The molecule has 0 aromatic heterocycles. The van der Waals surface area contributed by atoms with E-state index in [4.69, 9.17) is 0 Å². The van der Waals surface area contributed by atoms with Crippen LogP contribution in [0, 0.1) is 0 Å². The molecule has 5 rings (SSSR count). The molecule has 0 aliphatic carbocycles. The predicted molar refractivity (Wildman–Crippen MR) is 111 cm³/mol. The van der Waals surface area contributed by atoms with Crippen molar-refractivity contribution in [3.8, 4) is 5.75 Å². The van der Waals surface area contributed by atoms with Crippen LogP contribution in [0.2, 0.25) is 0 Å². The van der Waals surface area contributed by atoms with Gasteiger partial charge in [-0.25, -0.2) is 0 Å². The van der Waals surface area contributed by atoms with Crippen LogP contribution in [-0.4, -0.2) is 5.11 Å². The Morgan fingerprint density at radius 2 is 1.36 bits per heavy atom. The standard InChI is InChI=1S/C23H12BrF3O/c24-20-11-18-13(10-21(20)28)9-19(23(25,26)27)22-16-6-5-12-3-1-2-4-14(12)15(16)7-8-17(18)22/h1-11,28H. The number of aromatic hydroxyl groups is 1. The van der Waals surface area contributed by atoms with Gasteiger partial charge in [-0.15, -0.1) is 0 Å². The van der Waals surface area contributed by atoms with E-state index >= 15 is 0 Å². The van der Waals surface area contributed by atoms with Crippen LogP contribution in [0.25, 0.3) is 43.1 Å². The number of halogens is 4. The number of benzene rings is 5. The highest BCUT2D eigenvalue weighted by atomic mass is 79.9. The molecule has 0 aliphatic heterocycles. The minimum Gasteiger partial charge on any atom is -0.507 e. The molecule has 0 spiro atoms. The Morgan fingerprint density at radius 1 is 0.679 bits per heavy atom. The quantitative estimate of drug-likeness (QED) is 0.243. The summed E-state index contributed by atoms with van der Waals surface area (Å²) in [5.41, 5.74) is -0.697. The summed E-state index contributed by atoms with van der Waals surface area (Å²) in [4.78, 5) is 0. The summed E-state index contributed by atoms with van der Waals surface area (Å²) >= 11 is 3.27. The van der Waals surface area contributed by atoms with Gasteiger partial charge in [0.05, 0.1) is 10.0 Å². The second kappa shape index (κ2) is 5.85. The summed E-state index contributed by atoms with van der Waals surface area (Å²) in [6.07, 6.45) is -4.52. The van der Waals surface area contributed by atoms with Gasteiger partial charge in [-0.1, -0.05) is 48.5 Å². The van der Waals surface area contributed by atoms with Crippen LogP contribution in [0.4, 0.5) is 13.2 Å². The van der Waals surface area contributed by atoms with E-state index in [0.717, 1.165) is 22.2 Å². The van der Waals surface area contributed by atoms with Crippen molar-refractivity contribution < 1.29 is 18.3 Å². The van der Waals surface area contributed by atoms with Crippen molar-refractivity contribution in [3.63, 3.8) is 0 Å². The second-order valence-corrected chi connectivity index (χ2v) is 7.67. The average Bonchev–Trinajstić information content (AvgIpc) is 2.67. The molecule has 0 bridgehead atoms. The highest BCUT2D eigenvalue weighted by Crippen LogP contribution is 2.44. The highest BCUT2D eigenvalue weighted by Gasteiger charge is 2.34. The SMILES string of the molecule is Oc1cc2cc(C(F)(F)F)c3c(ccc4c5ccccc5ccc43)c2cc1Br. The first-order valence-electron chi connectivity index (χ1n) is 8.61. The third-order valence-corrected chi connectivity index (χ3v) is 5.84. The maximum Gasteiger partial charge on any atom is 0.417 e. The first kappa shape index (κ1) is 17.3. The van der Waals surface area contributed by atoms with Crippen LogP contribution in [-0.2, 0) is 6.18 Å². The minimum absolute atomic E-state index is 0.0910. The summed E-state index contributed by atoms with van der Waals surface area (Å²) in [7, 11) is 0. The Kier molecular flexibility index (Phi) is 3.62. The number of hydrogen-bond donors (Lipinski definition) is 1. The van der Waals surface area contributed by atoms with Gasteiger partial charge in [-0.3, -0.25) is 0 Å². The minimum atomic E-state index is -4.52. The number of hydrogen-bond acceptors (Lipinski definition) is 1. The third-order valence-electron chi connectivity index (χ3n) is 5.21. The Morgan fingerprint density at radius 3 is 2.14 bits per heavy atom. The molecule has 5 aromatic carbocycles. The molecule has 0 fully saturated rings. The zero-order valence-corrected chi connectivity index (χ0v) is 15.9. The average molecular weight is 441 g/mol. The Bertz CT molecular complexity index is 1420. The summed E-state index contributed by atoms with van der Waals surface area (Å²) in [6.45, 7) is 0. The lowest BCUT2D eigenvalue weighted by molar-refractivity contribution is -0.136. The fraction of sp³-hybridized carbons (Fsp3) is 0.0435. The van der Waals surface area contributed by atoms with E-state index < -0.39 is 11.7 Å². The zero-order valence-electron chi connectivity index (χ0n) is 14.3. The largest absolute Gasteiger partial charge is 0.507 e. The van der Waals surface area contributed by atoms with Crippen LogP contribution in [0.15, 0.2) is 71.2 Å². The van der Waals surface area contributed by atoms with E-state index in [-0.39, 0.29) is 11.1 Å². The number of fused-ring (bicyclic) bond motifs is 7. The molecular weight excluding hydrogens is 429 g/mol. The van der Waals surface area contributed by atoms with Crippen molar-refractivity contribution in [1.82, 2.24) is 0 Å². The van der Waals surface area contributed by atoms with Crippen LogP contribution < -0.4 is 0 Å². The summed E-state index contributed by atoms with van der Waals surface area (Å²) in [5.74, 6) is -0.0910. The molecule has 0 saturated heterocycles. The van der Waals surface area contributed by atoms with E-state index in [1.165, 1.54) is 6.07 Å². The smallest absolute Gasteiger partial charge is 0.417 e. The Balaban J connectivity index is 2.07. The van der Waals surface area contributed by atoms with Gasteiger partial charge in [0.15, 0.2) is 0 Å². The highest BCUT2D eigenvalue weighted by molar-refractivity contribution is 9.10. The van der Waals surface area contributed by atoms with Crippen molar-refractivity contribution >= 4 is 59.0 Å². The van der Waals surface area contributed by atoms with Gasteiger partial charge < -0.3 is 5.11 Å². The summed E-state index contributed by atoms with van der Waals surface area (Å²) in [5, 5.41) is 14.9. The van der Waals surface area contributed by atoms with Gasteiger partial charge in [0, 0.05) is 5.39 Å². The van der Waals surface area contributed by atoms with Gasteiger partial charge in [-0.2, -0.15) is 13.2 Å². The van der Waals surface area contributed by atoms with Crippen molar-refractivity contribution in [1.29, 1.82) is 0 Å². The van der Waals surface area contributed by atoms with Crippen molar-refractivity contribution in [2.45, 2.75) is 6.18 Å². The van der Waals surface area contributed by atoms with Crippen molar-refractivity contribution in [2.75, 3.05) is 0 Å². The molecule has 0 unspecified atom stereocenters. The molecule has 0 radical (unpaired) electrons. The molecule has 0 aliphatic rings. The van der Waals surface area contributed by atoms with E-state index in [0.29, 0.717) is 26.0 Å². The maximum absolute atomic E-state index is 14.0. The molecule has 0 saturated carbocycles. The molecule has 1 N–H and O–H groups in total. The molecule has 0 heterocycles. The monoisotopic (exact) mass is 440 g/mol. The van der Waals surface area contributed by atoms with Crippen molar-refractivity contribution in [3.05, 3.63) is 76.8 Å². The predicted octanol–water partition coefficient (Wildman–Crippen LogP) is 7.79. The van der Waals surface area contributed by atoms with Gasteiger partial charge in [0.25, 0.3) is 0 Å². The number of phenols is 1. The zero-order chi connectivity index (χ0) is 19.6. The molecule has 138 valence electrons. The molecule has 5 heteroatoms. The van der Waals surface area contributed by atoms with Crippen LogP contribution in [0.3, 0.4) is 0 Å². The molecule has 5 aromatic rings. The van der Waals surface area contributed by atoms with Gasteiger partial charge in [0.2, 0.25) is 0 Å². The second-order valence-electron chi connectivity index (χ2n) is 6.82. The lowest BCUT2D eigenvalue weighted by atomic mass is 9.91. The van der Waals surface area contributed by atoms with Gasteiger partial charge >= 0.3 is 6.18 Å². The van der Waals surface area contributed by atoms with E-state index in [9.17, 15) is 18.3 Å². The topological polar surface area (TPSA) is 20.2 Å². The molecule has 0 amide bonds. The lowest BCUT2D eigenvalue weighted by Crippen LogP contribution is -2.06. The maximum atomic E-state index is 14.0. The molecule has 0 atom stereocenters. The number of rotatable bonds is 0. The fourth-order valence-electron chi connectivity index (χ4n) is 3.98. The first-order valence-corrected chi connectivity index (χ1v) is 9.40. The molecule has 28 heavy (non-hydrogen) atoms. The molecular formula is C23H12BrF3O. The molecule has 1 nitrogen and oxygen atoms in total.